The number of hydrogen-bond donors (Lipinski definition) is 0. The summed E-state index contributed by atoms with van der Waals surface area (Å²) >= 11 is 0. The molecule has 0 aliphatic carbocycles. The van der Waals surface area contributed by atoms with Crippen molar-refractivity contribution >= 4 is 11.8 Å². The number of nitro benzene ring substituents is 1. The van der Waals surface area contributed by atoms with Gasteiger partial charge in [-0.15, -0.1) is 0 Å². The number of nitrogens with zero attached hydrogens (tertiary/aromatic N) is 2. The van der Waals surface area contributed by atoms with Crippen LogP contribution in [0.3, 0.4) is 0 Å². The van der Waals surface area contributed by atoms with Crippen molar-refractivity contribution in [1.82, 2.24) is 4.90 Å². The first-order chi connectivity index (χ1) is 9.08. The summed E-state index contributed by atoms with van der Waals surface area (Å²) in [5.74, 6) is 0.286. The van der Waals surface area contributed by atoms with Gasteiger partial charge in [0.05, 0.1) is 24.2 Å². The number of morpholine rings is 1. The summed E-state index contributed by atoms with van der Waals surface area (Å²) in [7, 11) is 0. The van der Waals surface area contributed by atoms with Gasteiger partial charge >= 0.3 is 6.09 Å². The molecule has 0 bridgehead atoms. The number of carbonyl (C=O) groups is 1. The lowest BCUT2D eigenvalue weighted by molar-refractivity contribution is -0.384. The van der Waals surface area contributed by atoms with E-state index in [9.17, 15) is 14.9 Å². The van der Waals surface area contributed by atoms with Crippen molar-refractivity contribution in [3.63, 3.8) is 0 Å². The summed E-state index contributed by atoms with van der Waals surface area (Å²) in [6, 6.07) is 5.36. The van der Waals surface area contributed by atoms with E-state index in [1.54, 1.807) is 4.90 Å². The van der Waals surface area contributed by atoms with Crippen molar-refractivity contribution in [3.8, 4) is 5.75 Å². The second-order valence-corrected chi connectivity index (χ2v) is 4.24. The number of carbonyl (C=O) groups excluding carboxylic acids is 1. The first-order valence-electron chi connectivity index (χ1n) is 5.88. The third-order valence-corrected chi connectivity index (χ3v) is 2.85. The number of rotatable bonds is 2. The molecule has 0 unspecified atom stereocenters. The summed E-state index contributed by atoms with van der Waals surface area (Å²) < 4.78 is 10.4. The van der Waals surface area contributed by atoms with Gasteiger partial charge in [-0.2, -0.15) is 0 Å². The first-order valence-corrected chi connectivity index (χ1v) is 5.88. The van der Waals surface area contributed by atoms with E-state index in [1.807, 2.05) is 6.92 Å². The Balaban J connectivity index is 2.00. The quantitative estimate of drug-likeness (QED) is 0.602. The van der Waals surface area contributed by atoms with E-state index in [4.69, 9.17) is 9.47 Å². The lowest BCUT2D eigenvalue weighted by atomic mass is 10.3. The number of non-ortho nitro benzene ring substituents is 1. The Morgan fingerprint density at radius 2 is 2.16 bits per heavy atom. The maximum absolute atomic E-state index is 11.9. The molecule has 0 N–H and O–H groups in total. The third kappa shape index (κ3) is 3.19. The molecule has 0 saturated carbocycles. The van der Waals surface area contributed by atoms with Gasteiger partial charge in [0.2, 0.25) is 0 Å². The van der Waals surface area contributed by atoms with Crippen molar-refractivity contribution in [2.45, 2.75) is 13.0 Å². The van der Waals surface area contributed by atoms with E-state index >= 15 is 0 Å². The van der Waals surface area contributed by atoms with Crippen LogP contribution < -0.4 is 4.74 Å². The zero-order valence-corrected chi connectivity index (χ0v) is 10.4. The Hall–Kier alpha value is -2.15. The summed E-state index contributed by atoms with van der Waals surface area (Å²) in [6.07, 6.45) is -0.468. The van der Waals surface area contributed by atoms with E-state index in [2.05, 4.69) is 0 Å². The predicted octanol–water partition coefficient (Wildman–Crippen LogP) is 1.81. The minimum atomic E-state index is -0.504. The number of benzene rings is 1. The molecule has 1 aromatic carbocycles. The monoisotopic (exact) mass is 266 g/mol. The van der Waals surface area contributed by atoms with Gasteiger partial charge in [0.25, 0.3) is 5.69 Å². The summed E-state index contributed by atoms with van der Waals surface area (Å²) in [6.45, 7) is 3.32. The highest BCUT2D eigenvalue weighted by Crippen LogP contribution is 2.19. The highest BCUT2D eigenvalue weighted by Gasteiger charge is 2.25. The highest BCUT2D eigenvalue weighted by molar-refractivity contribution is 5.71. The Kier molecular flexibility index (Phi) is 3.96. The zero-order chi connectivity index (χ0) is 13.8. The Labute approximate surface area is 109 Å². The molecular weight excluding hydrogens is 252 g/mol. The van der Waals surface area contributed by atoms with Crippen LogP contribution in [-0.2, 0) is 4.74 Å². The Bertz CT molecular complexity index is 474. The predicted molar refractivity (Wildman–Crippen MR) is 66.1 cm³/mol. The van der Waals surface area contributed by atoms with Crippen LogP contribution in [0.1, 0.15) is 6.92 Å². The van der Waals surface area contributed by atoms with Crippen molar-refractivity contribution < 1.29 is 19.2 Å². The van der Waals surface area contributed by atoms with Crippen LogP contribution in [0.4, 0.5) is 10.5 Å². The summed E-state index contributed by atoms with van der Waals surface area (Å²) in [5, 5.41) is 10.5. The molecule has 102 valence electrons. The van der Waals surface area contributed by atoms with Crippen molar-refractivity contribution in [2.75, 3.05) is 19.8 Å². The molecule has 1 amide bonds. The molecule has 1 aliphatic rings. The molecule has 2 rings (SSSR count). The first kappa shape index (κ1) is 13.3. The highest BCUT2D eigenvalue weighted by atomic mass is 16.6. The van der Waals surface area contributed by atoms with Crippen LogP contribution in [0.15, 0.2) is 24.3 Å². The molecule has 0 radical (unpaired) electrons. The molecule has 1 heterocycles. The van der Waals surface area contributed by atoms with Gasteiger partial charge < -0.3 is 14.4 Å². The van der Waals surface area contributed by atoms with Gasteiger partial charge in [0, 0.05) is 18.7 Å². The van der Waals surface area contributed by atoms with E-state index in [-0.39, 0.29) is 17.5 Å². The van der Waals surface area contributed by atoms with Crippen LogP contribution in [0.25, 0.3) is 0 Å². The molecule has 7 nitrogen and oxygen atoms in total. The van der Waals surface area contributed by atoms with Crippen LogP contribution in [0, 0.1) is 10.1 Å². The second kappa shape index (κ2) is 5.66. The number of ether oxygens (including phenoxy) is 2. The molecule has 1 aromatic rings. The van der Waals surface area contributed by atoms with Gasteiger partial charge in [0.15, 0.2) is 0 Å². The molecule has 1 atom stereocenters. The minimum absolute atomic E-state index is 0.0421. The summed E-state index contributed by atoms with van der Waals surface area (Å²) in [5.41, 5.74) is -0.0421. The third-order valence-electron chi connectivity index (χ3n) is 2.85. The SMILES string of the molecule is C[C@H]1COCCN1C(=O)Oc1ccc([N+](=O)[O-])cc1. The maximum Gasteiger partial charge on any atom is 0.415 e. The topological polar surface area (TPSA) is 81.9 Å². The van der Waals surface area contributed by atoms with Gasteiger partial charge in [-0.25, -0.2) is 4.79 Å². The fourth-order valence-electron chi connectivity index (χ4n) is 1.79. The maximum atomic E-state index is 11.9. The number of amides is 1. The lowest BCUT2D eigenvalue weighted by Crippen LogP contribution is -2.48. The molecule has 1 fully saturated rings. The van der Waals surface area contributed by atoms with Crippen LogP contribution in [-0.4, -0.2) is 41.7 Å². The second-order valence-electron chi connectivity index (χ2n) is 4.24. The molecule has 19 heavy (non-hydrogen) atoms. The molecule has 0 spiro atoms. The minimum Gasteiger partial charge on any atom is -0.410 e. The van der Waals surface area contributed by atoms with Crippen LogP contribution in [0.5, 0.6) is 5.75 Å². The van der Waals surface area contributed by atoms with E-state index < -0.39 is 11.0 Å². The average molecular weight is 266 g/mol. The van der Waals surface area contributed by atoms with Gasteiger partial charge in [-0.1, -0.05) is 0 Å². The molecule has 1 aliphatic heterocycles. The normalized spacial score (nSPS) is 19.0. The molecular formula is C12H14N2O5. The standard InChI is InChI=1S/C12H14N2O5/c1-9-8-18-7-6-13(9)12(15)19-11-4-2-10(3-5-11)14(16)17/h2-5,9H,6-8H2,1H3/t9-/m0/s1. The average Bonchev–Trinajstić information content (AvgIpc) is 2.39. The van der Waals surface area contributed by atoms with Crippen LogP contribution >= 0.6 is 0 Å². The van der Waals surface area contributed by atoms with Gasteiger partial charge in [-0.3, -0.25) is 10.1 Å². The number of nitro groups is 1. The van der Waals surface area contributed by atoms with Gasteiger partial charge in [0.1, 0.15) is 5.75 Å². The zero-order valence-electron chi connectivity index (χ0n) is 10.4. The Morgan fingerprint density at radius 3 is 2.74 bits per heavy atom. The smallest absolute Gasteiger partial charge is 0.410 e. The summed E-state index contributed by atoms with van der Waals surface area (Å²) in [4.78, 5) is 23.5. The van der Waals surface area contributed by atoms with E-state index in [0.29, 0.717) is 19.8 Å². The van der Waals surface area contributed by atoms with Gasteiger partial charge in [-0.05, 0) is 19.1 Å². The fourth-order valence-corrected chi connectivity index (χ4v) is 1.79. The van der Waals surface area contributed by atoms with Crippen molar-refractivity contribution in [3.05, 3.63) is 34.4 Å². The van der Waals surface area contributed by atoms with Crippen LogP contribution in [0.2, 0.25) is 0 Å². The van der Waals surface area contributed by atoms with Crippen molar-refractivity contribution in [2.24, 2.45) is 0 Å². The van der Waals surface area contributed by atoms with E-state index in [1.165, 1.54) is 24.3 Å². The molecule has 1 saturated heterocycles. The number of hydrogen-bond acceptors (Lipinski definition) is 5. The molecule has 7 heteroatoms. The lowest BCUT2D eigenvalue weighted by Gasteiger charge is -2.32. The largest absolute Gasteiger partial charge is 0.415 e. The fraction of sp³-hybridized carbons (Fsp3) is 0.417. The Morgan fingerprint density at radius 1 is 1.47 bits per heavy atom. The van der Waals surface area contributed by atoms with E-state index in [0.717, 1.165) is 0 Å². The van der Waals surface area contributed by atoms with Crippen molar-refractivity contribution in [1.29, 1.82) is 0 Å². The molecule has 0 aromatic heterocycles.